The standard InChI is InChI=1S/C16H18N2O2S/c17-11-1-3-15-13(9-11)14-10-12(2-4-16(14)21-15)18(5-7-19)6-8-20/h1-4,9-10,19-20H,5-8,17H2. The molecule has 21 heavy (non-hydrogen) atoms. The number of nitrogen functional groups attached to an aromatic ring is 1. The SMILES string of the molecule is Nc1ccc2sc3ccc(N(CCO)CCO)cc3c2c1. The summed E-state index contributed by atoms with van der Waals surface area (Å²) in [4.78, 5) is 1.98. The monoisotopic (exact) mass is 302 g/mol. The molecule has 2 aromatic carbocycles. The number of hydrogen-bond acceptors (Lipinski definition) is 5. The number of rotatable bonds is 5. The first kappa shape index (κ1) is 14.1. The van der Waals surface area contributed by atoms with E-state index in [1.54, 1.807) is 11.3 Å². The number of aliphatic hydroxyl groups is 2. The highest BCUT2D eigenvalue weighted by Gasteiger charge is 2.10. The second kappa shape index (κ2) is 5.89. The molecular weight excluding hydrogens is 284 g/mol. The molecular formula is C16H18N2O2S. The first-order valence-corrected chi connectivity index (χ1v) is 7.73. The molecule has 110 valence electrons. The molecule has 0 aliphatic carbocycles. The van der Waals surface area contributed by atoms with Gasteiger partial charge in [-0.25, -0.2) is 0 Å². The maximum absolute atomic E-state index is 9.17. The van der Waals surface area contributed by atoms with Crippen molar-refractivity contribution in [3.05, 3.63) is 36.4 Å². The highest BCUT2D eigenvalue weighted by molar-refractivity contribution is 7.25. The molecule has 1 heterocycles. The van der Waals surface area contributed by atoms with Gasteiger partial charge in [0.25, 0.3) is 0 Å². The number of anilines is 2. The Hall–Kier alpha value is -1.82. The van der Waals surface area contributed by atoms with Gasteiger partial charge in [0.05, 0.1) is 13.2 Å². The third kappa shape index (κ3) is 2.68. The van der Waals surface area contributed by atoms with Gasteiger partial charge in [-0.3, -0.25) is 0 Å². The van der Waals surface area contributed by atoms with Crippen molar-refractivity contribution in [3.8, 4) is 0 Å². The molecule has 0 amide bonds. The molecule has 0 fully saturated rings. The van der Waals surface area contributed by atoms with Gasteiger partial charge in [-0.1, -0.05) is 0 Å². The van der Waals surface area contributed by atoms with E-state index in [-0.39, 0.29) is 13.2 Å². The summed E-state index contributed by atoms with van der Waals surface area (Å²) in [6.07, 6.45) is 0. The second-order valence-corrected chi connectivity index (χ2v) is 6.06. The molecule has 4 nitrogen and oxygen atoms in total. The van der Waals surface area contributed by atoms with Crippen LogP contribution in [0.15, 0.2) is 36.4 Å². The topological polar surface area (TPSA) is 69.7 Å². The Morgan fingerprint density at radius 1 is 0.905 bits per heavy atom. The van der Waals surface area contributed by atoms with Gasteiger partial charge in [0.1, 0.15) is 0 Å². The molecule has 0 atom stereocenters. The van der Waals surface area contributed by atoms with E-state index in [9.17, 15) is 0 Å². The summed E-state index contributed by atoms with van der Waals surface area (Å²) in [7, 11) is 0. The van der Waals surface area contributed by atoms with Gasteiger partial charge in [-0.05, 0) is 36.4 Å². The van der Waals surface area contributed by atoms with Crippen LogP contribution >= 0.6 is 11.3 Å². The fourth-order valence-electron chi connectivity index (χ4n) is 2.59. The summed E-state index contributed by atoms with van der Waals surface area (Å²) in [5.41, 5.74) is 7.66. The minimum absolute atomic E-state index is 0.0649. The van der Waals surface area contributed by atoms with E-state index in [0.717, 1.165) is 16.8 Å². The average molecular weight is 302 g/mol. The molecule has 0 aliphatic heterocycles. The number of thiophene rings is 1. The zero-order chi connectivity index (χ0) is 14.8. The highest BCUT2D eigenvalue weighted by atomic mass is 32.1. The van der Waals surface area contributed by atoms with Gasteiger partial charge in [-0.2, -0.15) is 0 Å². The molecule has 3 aromatic rings. The van der Waals surface area contributed by atoms with Crippen molar-refractivity contribution in [1.29, 1.82) is 0 Å². The van der Waals surface area contributed by atoms with E-state index in [1.807, 2.05) is 29.2 Å². The number of benzene rings is 2. The maximum atomic E-state index is 9.17. The zero-order valence-electron chi connectivity index (χ0n) is 11.6. The number of aliphatic hydroxyl groups excluding tert-OH is 2. The Kier molecular flexibility index (Phi) is 3.96. The maximum Gasteiger partial charge on any atom is 0.0606 e. The smallest absolute Gasteiger partial charge is 0.0606 e. The third-order valence-electron chi connectivity index (χ3n) is 3.58. The molecule has 0 saturated heterocycles. The van der Waals surface area contributed by atoms with E-state index in [1.165, 1.54) is 14.8 Å². The van der Waals surface area contributed by atoms with Gasteiger partial charge in [0.15, 0.2) is 0 Å². The van der Waals surface area contributed by atoms with Crippen LogP contribution in [0, 0.1) is 0 Å². The van der Waals surface area contributed by atoms with Crippen LogP contribution in [0.5, 0.6) is 0 Å². The van der Waals surface area contributed by atoms with Gasteiger partial charge >= 0.3 is 0 Å². The number of hydrogen-bond donors (Lipinski definition) is 3. The van der Waals surface area contributed by atoms with Gasteiger partial charge in [-0.15, -0.1) is 11.3 Å². The summed E-state index contributed by atoms with van der Waals surface area (Å²) in [5, 5.41) is 20.7. The number of nitrogens with two attached hydrogens (primary N) is 1. The Labute approximate surface area is 127 Å². The molecule has 4 N–H and O–H groups in total. The molecule has 5 heteroatoms. The fraction of sp³-hybridized carbons (Fsp3) is 0.250. The molecule has 0 spiro atoms. The fourth-order valence-corrected chi connectivity index (χ4v) is 3.66. The summed E-state index contributed by atoms with van der Waals surface area (Å²) >= 11 is 1.74. The van der Waals surface area contributed by atoms with E-state index < -0.39 is 0 Å². The predicted octanol–water partition coefficient (Wildman–Crippen LogP) is 2.43. The minimum Gasteiger partial charge on any atom is -0.399 e. The Morgan fingerprint density at radius 2 is 1.52 bits per heavy atom. The van der Waals surface area contributed by atoms with E-state index >= 15 is 0 Å². The van der Waals surface area contributed by atoms with Crippen molar-refractivity contribution >= 4 is 42.9 Å². The van der Waals surface area contributed by atoms with Crippen molar-refractivity contribution in [2.75, 3.05) is 36.9 Å². The molecule has 0 aliphatic rings. The van der Waals surface area contributed by atoms with Crippen LogP contribution in [0.1, 0.15) is 0 Å². The Morgan fingerprint density at radius 3 is 2.19 bits per heavy atom. The van der Waals surface area contributed by atoms with Crippen molar-refractivity contribution < 1.29 is 10.2 Å². The van der Waals surface area contributed by atoms with Crippen LogP contribution in [0.2, 0.25) is 0 Å². The van der Waals surface area contributed by atoms with E-state index in [0.29, 0.717) is 13.1 Å². The van der Waals surface area contributed by atoms with Crippen molar-refractivity contribution in [1.82, 2.24) is 0 Å². The highest BCUT2D eigenvalue weighted by Crippen LogP contribution is 2.36. The third-order valence-corrected chi connectivity index (χ3v) is 4.73. The molecule has 1 aromatic heterocycles. The minimum atomic E-state index is 0.0649. The summed E-state index contributed by atoms with van der Waals surface area (Å²) in [6, 6.07) is 12.2. The van der Waals surface area contributed by atoms with Crippen molar-refractivity contribution in [2.24, 2.45) is 0 Å². The molecule has 3 rings (SSSR count). The van der Waals surface area contributed by atoms with Crippen LogP contribution in [-0.2, 0) is 0 Å². The van der Waals surface area contributed by atoms with Crippen LogP contribution < -0.4 is 10.6 Å². The largest absolute Gasteiger partial charge is 0.399 e. The summed E-state index contributed by atoms with van der Waals surface area (Å²) < 4.78 is 2.43. The van der Waals surface area contributed by atoms with Crippen LogP contribution in [-0.4, -0.2) is 36.5 Å². The van der Waals surface area contributed by atoms with Crippen LogP contribution in [0.3, 0.4) is 0 Å². The van der Waals surface area contributed by atoms with Gasteiger partial charge in [0.2, 0.25) is 0 Å². The van der Waals surface area contributed by atoms with E-state index in [2.05, 4.69) is 12.1 Å². The van der Waals surface area contributed by atoms with Crippen LogP contribution in [0.4, 0.5) is 11.4 Å². The Balaban J connectivity index is 2.13. The first-order chi connectivity index (χ1) is 10.2. The molecule has 0 unspecified atom stereocenters. The normalized spacial score (nSPS) is 11.3. The summed E-state index contributed by atoms with van der Waals surface area (Å²) in [5.74, 6) is 0. The Bertz CT molecular complexity index is 763. The average Bonchev–Trinajstić information content (AvgIpc) is 2.84. The first-order valence-electron chi connectivity index (χ1n) is 6.91. The second-order valence-electron chi connectivity index (χ2n) is 4.97. The number of nitrogens with zero attached hydrogens (tertiary/aromatic N) is 1. The van der Waals surface area contributed by atoms with Crippen molar-refractivity contribution in [2.45, 2.75) is 0 Å². The molecule has 0 bridgehead atoms. The van der Waals surface area contributed by atoms with Crippen molar-refractivity contribution in [3.63, 3.8) is 0 Å². The lowest BCUT2D eigenvalue weighted by molar-refractivity contribution is 0.281. The zero-order valence-corrected chi connectivity index (χ0v) is 12.4. The molecule has 0 saturated carbocycles. The lowest BCUT2D eigenvalue weighted by Crippen LogP contribution is -2.29. The summed E-state index contributed by atoms with van der Waals surface area (Å²) in [6.45, 7) is 1.15. The lowest BCUT2D eigenvalue weighted by Gasteiger charge is -2.23. The molecule has 0 radical (unpaired) electrons. The van der Waals surface area contributed by atoms with Crippen LogP contribution in [0.25, 0.3) is 20.2 Å². The number of fused-ring (bicyclic) bond motifs is 3. The quantitative estimate of drug-likeness (QED) is 0.633. The van der Waals surface area contributed by atoms with Gasteiger partial charge in [0, 0.05) is 44.6 Å². The van der Waals surface area contributed by atoms with Gasteiger partial charge < -0.3 is 20.8 Å². The lowest BCUT2D eigenvalue weighted by atomic mass is 10.1. The van der Waals surface area contributed by atoms with E-state index in [4.69, 9.17) is 15.9 Å². The predicted molar refractivity (Wildman–Crippen MR) is 90.1 cm³/mol.